The van der Waals surface area contributed by atoms with Gasteiger partial charge in [-0.1, -0.05) is 0 Å². The Morgan fingerprint density at radius 1 is 1.25 bits per heavy atom. The van der Waals surface area contributed by atoms with Crippen molar-refractivity contribution in [3.8, 4) is 22.7 Å². The highest BCUT2D eigenvalue weighted by atomic mass is 32.1. The van der Waals surface area contributed by atoms with E-state index in [1.807, 2.05) is 0 Å². The van der Waals surface area contributed by atoms with E-state index < -0.39 is 23.6 Å². The van der Waals surface area contributed by atoms with Crippen LogP contribution in [-0.4, -0.2) is 33.1 Å². The number of aromatic nitrogens is 3. The molecule has 7 nitrogen and oxygen atoms in total. The minimum atomic E-state index is -4.81. The molecule has 0 atom stereocenters. The second-order valence-corrected chi connectivity index (χ2v) is 5.99. The fourth-order valence-electron chi connectivity index (χ4n) is 2.30. The van der Waals surface area contributed by atoms with E-state index in [9.17, 15) is 22.8 Å². The number of hydrogen-bond acceptors (Lipinski definition) is 7. The van der Waals surface area contributed by atoms with Gasteiger partial charge in [-0.2, -0.15) is 14.2 Å². The Labute approximate surface area is 160 Å². The molecule has 2 heterocycles. The van der Waals surface area contributed by atoms with Crippen molar-refractivity contribution in [2.45, 2.75) is 13.3 Å². The molecule has 0 aliphatic rings. The zero-order valence-electron chi connectivity index (χ0n) is 14.3. The lowest BCUT2D eigenvalue weighted by atomic mass is 10.1. The number of ether oxygens (including phenoxy) is 2. The van der Waals surface area contributed by atoms with Crippen molar-refractivity contribution < 1.29 is 27.4 Å². The standard InChI is InChI=1S/C17H12F3N3O4S/c1-2-26-16(25)13-7-14(22-23(15(13)24)11-8-21-28-9-11)10-3-5-12(6-4-10)27-17(18,19)20/h3-9H,2H2,1H3. The van der Waals surface area contributed by atoms with E-state index in [0.717, 1.165) is 28.3 Å². The van der Waals surface area contributed by atoms with Crippen LogP contribution in [0.25, 0.3) is 16.9 Å². The van der Waals surface area contributed by atoms with Gasteiger partial charge in [0.15, 0.2) is 0 Å². The molecule has 28 heavy (non-hydrogen) atoms. The number of benzene rings is 1. The van der Waals surface area contributed by atoms with Gasteiger partial charge in [0.2, 0.25) is 0 Å². The van der Waals surface area contributed by atoms with Crippen molar-refractivity contribution in [2.75, 3.05) is 6.61 Å². The van der Waals surface area contributed by atoms with E-state index >= 15 is 0 Å². The second kappa shape index (κ2) is 7.80. The monoisotopic (exact) mass is 411 g/mol. The van der Waals surface area contributed by atoms with Gasteiger partial charge >= 0.3 is 12.3 Å². The predicted octanol–water partition coefficient (Wildman–Crippen LogP) is 3.43. The van der Waals surface area contributed by atoms with Crippen molar-refractivity contribution in [3.63, 3.8) is 0 Å². The average molecular weight is 411 g/mol. The molecule has 3 aromatic rings. The topological polar surface area (TPSA) is 83.3 Å². The SMILES string of the molecule is CCOC(=O)c1cc(-c2ccc(OC(F)(F)F)cc2)nn(-c2cnsc2)c1=O. The quantitative estimate of drug-likeness (QED) is 0.598. The lowest BCUT2D eigenvalue weighted by Gasteiger charge is -2.11. The second-order valence-electron chi connectivity index (χ2n) is 5.34. The zero-order chi connectivity index (χ0) is 20.3. The minimum Gasteiger partial charge on any atom is -0.462 e. The maximum Gasteiger partial charge on any atom is 0.573 e. The summed E-state index contributed by atoms with van der Waals surface area (Å²) >= 11 is 1.09. The number of rotatable bonds is 5. The van der Waals surface area contributed by atoms with Crippen LogP contribution in [0.4, 0.5) is 13.2 Å². The summed E-state index contributed by atoms with van der Waals surface area (Å²) in [4.78, 5) is 24.8. The number of nitrogens with zero attached hydrogens (tertiary/aromatic N) is 3. The van der Waals surface area contributed by atoms with Crippen molar-refractivity contribution in [1.29, 1.82) is 0 Å². The summed E-state index contributed by atoms with van der Waals surface area (Å²) in [7, 11) is 0. The van der Waals surface area contributed by atoms with Gasteiger partial charge in [0.1, 0.15) is 11.3 Å². The van der Waals surface area contributed by atoms with Gasteiger partial charge in [0, 0.05) is 10.9 Å². The maximum absolute atomic E-state index is 12.6. The third kappa shape index (κ3) is 4.36. The average Bonchev–Trinajstić information content (AvgIpc) is 3.16. The molecule has 0 fully saturated rings. The highest BCUT2D eigenvalue weighted by molar-refractivity contribution is 7.03. The van der Waals surface area contributed by atoms with Gasteiger partial charge < -0.3 is 9.47 Å². The molecule has 0 radical (unpaired) electrons. The van der Waals surface area contributed by atoms with Gasteiger partial charge in [-0.25, -0.2) is 4.79 Å². The molecule has 146 valence electrons. The molecular formula is C17H12F3N3O4S. The van der Waals surface area contributed by atoms with Crippen molar-refractivity contribution in [1.82, 2.24) is 14.2 Å². The van der Waals surface area contributed by atoms with Gasteiger partial charge in [-0.05, 0) is 48.8 Å². The first kappa shape index (κ1) is 19.5. The number of halogens is 3. The zero-order valence-corrected chi connectivity index (χ0v) is 15.1. The molecule has 3 rings (SSSR count). The maximum atomic E-state index is 12.6. The molecule has 0 saturated heterocycles. The van der Waals surface area contributed by atoms with Crippen LogP contribution in [0, 0.1) is 0 Å². The molecule has 0 unspecified atom stereocenters. The molecule has 0 saturated carbocycles. The number of esters is 1. The van der Waals surface area contributed by atoms with Crippen molar-refractivity contribution >= 4 is 17.5 Å². The van der Waals surface area contributed by atoms with E-state index in [-0.39, 0.29) is 17.9 Å². The molecule has 0 aliphatic carbocycles. The fourth-order valence-corrected chi connectivity index (χ4v) is 2.80. The van der Waals surface area contributed by atoms with Gasteiger partial charge in [0.25, 0.3) is 5.56 Å². The Balaban J connectivity index is 2.08. The Kier molecular flexibility index (Phi) is 5.45. The molecule has 0 amide bonds. The summed E-state index contributed by atoms with van der Waals surface area (Å²) < 4.78 is 50.5. The Morgan fingerprint density at radius 3 is 2.54 bits per heavy atom. The van der Waals surface area contributed by atoms with Gasteiger partial charge in [-0.3, -0.25) is 4.79 Å². The summed E-state index contributed by atoms with van der Waals surface area (Å²) in [5.74, 6) is -1.23. The Morgan fingerprint density at radius 2 is 1.96 bits per heavy atom. The van der Waals surface area contributed by atoms with E-state index in [1.54, 1.807) is 12.3 Å². The molecule has 11 heteroatoms. The van der Waals surface area contributed by atoms with Crippen LogP contribution in [0.15, 0.2) is 46.7 Å². The number of hydrogen-bond donors (Lipinski definition) is 0. The smallest absolute Gasteiger partial charge is 0.462 e. The number of carbonyl (C=O) groups is 1. The van der Waals surface area contributed by atoms with Crippen LogP contribution in [0.2, 0.25) is 0 Å². The lowest BCUT2D eigenvalue weighted by Crippen LogP contribution is -2.28. The normalized spacial score (nSPS) is 11.3. The number of carbonyl (C=O) groups excluding carboxylic acids is 1. The molecule has 2 aromatic heterocycles. The summed E-state index contributed by atoms with van der Waals surface area (Å²) in [6.07, 6.45) is -3.41. The van der Waals surface area contributed by atoms with E-state index in [1.165, 1.54) is 24.4 Å². The summed E-state index contributed by atoms with van der Waals surface area (Å²) in [6, 6.07) is 6.11. The molecule has 0 spiro atoms. The van der Waals surface area contributed by atoms with Crippen molar-refractivity contribution in [3.05, 3.63) is 57.8 Å². The van der Waals surface area contributed by atoms with Crippen molar-refractivity contribution in [2.24, 2.45) is 0 Å². The third-order valence-electron chi connectivity index (χ3n) is 3.45. The highest BCUT2D eigenvalue weighted by Gasteiger charge is 2.31. The van der Waals surface area contributed by atoms with Crippen LogP contribution in [0.3, 0.4) is 0 Å². The summed E-state index contributed by atoms with van der Waals surface area (Å²) in [5, 5.41) is 5.76. The Hall–Kier alpha value is -3.21. The lowest BCUT2D eigenvalue weighted by molar-refractivity contribution is -0.274. The number of alkyl halides is 3. The first-order valence-electron chi connectivity index (χ1n) is 7.86. The summed E-state index contributed by atoms with van der Waals surface area (Å²) in [6.45, 7) is 1.67. The molecular weight excluding hydrogens is 399 g/mol. The van der Waals surface area contributed by atoms with E-state index in [4.69, 9.17) is 4.74 Å². The first-order valence-corrected chi connectivity index (χ1v) is 8.69. The third-order valence-corrected chi connectivity index (χ3v) is 4.03. The molecule has 0 aliphatic heterocycles. The van der Waals surface area contributed by atoms with Crippen LogP contribution >= 0.6 is 11.5 Å². The largest absolute Gasteiger partial charge is 0.573 e. The van der Waals surface area contributed by atoms with Crippen LogP contribution in [0.5, 0.6) is 5.75 Å². The molecule has 0 bridgehead atoms. The van der Waals surface area contributed by atoms with Crippen LogP contribution in [-0.2, 0) is 4.74 Å². The fraction of sp³-hybridized carbons (Fsp3) is 0.176. The Bertz CT molecular complexity index is 1030. The highest BCUT2D eigenvalue weighted by Crippen LogP contribution is 2.26. The predicted molar refractivity (Wildman–Crippen MR) is 93.6 cm³/mol. The molecule has 0 N–H and O–H groups in total. The van der Waals surface area contributed by atoms with Crippen LogP contribution in [0.1, 0.15) is 17.3 Å². The van der Waals surface area contributed by atoms with E-state index in [0.29, 0.717) is 11.3 Å². The van der Waals surface area contributed by atoms with E-state index in [2.05, 4.69) is 14.2 Å². The minimum absolute atomic E-state index is 0.0689. The molecule has 1 aromatic carbocycles. The van der Waals surface area contributed by atoms with Gasteiger partial charge in [0.05, 0.1) is 24.2 Å². The van der Waals surface area contributed by atoms with Gasteiger partial charge in [-0.15, -0.1) is 13.2 Å². The summed E-state index contributed by atoms with van der Waals surface area (Å²) in [5.41, 5.74) is -0.0445. The van der Waals surface area contributed by atoms with Crippen LogP contribution < -0.4 is 10.3 Å². The first-order chi connectivity index (χ1) is 13.3.